The monoisotopic (exact) mass is 291 g/mol. The number of hydrogen-bond donors (Lipinski definition) is 1. The van der Waals surface area contributed by atoms with Gasteiger partial charge in [0.05, 0.1) is 0 Å². The zero-order valence-corrected chi connectivity index (χ0v) is 14.8. The maximum absolute atomic E-state index is 6.88. The second-order valence-corrected chi connectivity index (χ2v) is 8.17. The van der Waals surface area contributed by atoms with Gasteiger partial charge < -0.3 is 5.73 Å². The normalized spacial score (nSPS) is 39.4. The Morgan fingerprint density at radius 3 is 2.62 bits per heavy atom. The van der Waals surface area contributed by atoms with Crippen LogP contribution >= 0.6 is 0 Å². The first-order valence-electron chi connectivity index (χ1n) is 9.42. The van der Waals surface area contributed by atoms with Crippen LogP contribution in [0.3, 0.4) is 0 Å². The van der Waals surface area contributed by atoms with Crippen molar-refractivity contribution < 1.29 is 0 Å². The van der Waals surface area contributed by atoms with Crippen molar-refractivity contribution in [2.45, 2.75) is 84.6 Å². The van der Waals surface area contributed by atoms with Crippen molar-refractivity contribution in [3.63, 3.8) is 0 Å². The molecule has 21 heavy (non-hydrogen) atoms. The van der Waals surface area contributed by atoms with Gasteiger partial charge in [-0.1, -0.05) is 59.1 Å². The fourth-order valence-corrected chi connectivity index (χ4v) is 4.90. The molecule has 0 bridgehead atoms. The van der Waals surface area contributed by atoms with E-state index in [1.807, 2.05) is 0 Å². The molecule has 0 saturated heterocycles. The summed E-state index contributed by atoms with van der Waals surface area (Å²) < 4.78 is 0. The highest BCUT2D eigenvalue weighted by Gasteiger charge is 2.49. The summed E-state index contributed by atoms with van der Waals surface area (Å²) in [6, 6.07) is 0. The molecule has 2 rings (SSSR count). The summed E-state index contributed by atoms with van der Waals surface area (Å²) in [6.45, 7) is 9.49. The Morgan fingerprint density at radius 1 is 1.14 bits per heavy atom. The molecule has 0 heterocycles. The van der Waals surface area contributed by atoms with Crippen molar-refractivity contribution in [2.75, 3.05) is 0 Å². The molecule has 0 aromatic carbocycles. The third-order valence-electron chi connectivity index (χ3n) is 6.94. The maximum Gasteiger partial charge on any atom is 0.0217 e. The first-order chi connectivity index (χ1) is 9.99. The Hall–Kier alpha value is -0.300. The molecule has 6 unspecified atom stereocenters. The molecule has 122 valence electrons. The molecule has 0 aromatic rings. The van der Waals surface area contributed by atoms with E-state index in [9.17, 15) is 0 Å². The molecule has 1 nitrogen and oxygen atoms in total. The average molecular weight is 292 g/mol. The summed E-state index contributed by atoms with van der Waals surface area (Å²) in [4.78, 5) is 0. The lowest BCUT2D eigenvalue weighted by Crippen LogP contribution is -2.52. The molecule has 2 aliphatic carbocycles. The zero-order chi connectivity index (χ0) is 15.5. The van der Waals surface area contributed by atoms with Crippen LogP contribution < -0.4 is 5.73 Å². The maximum atomic E-state index is 6.88. The molecule has 2 fully saturated rings. The lowest BCUT2D eigenvalue weighted by Gasteiger charge is -2.43. The van der Waals surface area contributed by atoms with E-state index in [1.165, 1.54) is 51.4 Å². The van der Waals surface area contributed by atoms with Gasteiger partial charge in [0.1, 0.15) is 0 Å². The molecule has 2 saturated carbocycles. The molecule has 0 aromatic heterocycles. The van der Waals surface area contributed by atoms with Gasteiger partial charge in [0.2, 0.25) is 0 Å². The minimum Gasteiger partial charge on any atom is -0.325 e. The van der Waals surface area contributed by atoms with E-state index in [0.717, 1.165) is 29.6 Å². The fourth-order valence-electron chi connectivity index (χ4n) is 4.90. The van der Waals surface area contributed by atoms with E-state index in [-0.39, 0.29) is 5.54 Å². The summed E-state index contributed by atoms with van der Waals surface area (Å²) in [7, 11) is 0. The minimum absolute atomic E-state index is 0.157. The highest BCUT2D eigenvalue weighted by atomic mass is 14.8. The van der Waals surface area contributed by atoms with Crippen LogP contribution in [0.2, 0.25) is 0 Å². The summed E-state index contributed by atoms with van der Waals surface area (Å²) in [5, 5.41) is 0. The third-order valence-corrected chi connectivity index (χ3v) is 6.94. The van der Waals surface area contributed by atoms with Gasteiger partial charge in [-0.3, -0.25) is 0 Å². The van der Waals surface area contributed by atoms with E-state index in [2.05, 4.69) is 39.8 Å². The summed E-state index contributed by atoms with van der Waals surface area (Å²) in [5.74, 6) is 4.03. The lowest BCUT2D eigenvalue weighted by atomic mass is 9.66. The van der Waals surface area contributed by atoms with Crippen molar-refractivity contribution in [3.8, 4) is 0 Å². The Balaban J connectivity index is 1.84. The summed E-state index contributed by atoms with van der Waals surface area (Å²) in [5.41, 5.74) is 7.03. The Labute approximate surface area is 132 Å². The third kappa shape index (κ3) is 3.73. The number of fused-ring (bicyclic) bond motifs is 1. The number of nitrogens with two attached hydrogens (primary N) is 1. The van der Waals surface area contributed by atoms with Crippen molar-refractivity contribution in [2.24, 2.45) is 35.3 Å². The Kier molecular flexibility index (Phi) is 5.94. The van der Waals surface area contributed by atoms with Crippen LogP contribution in [0.25, 0.3) is 0 Å². The van der Waals surface area contributed by atoms with Crippen molar-refractivity contribution in [3.05, 3.63) is 12.2 Å². The largest absolute Gasteiger partial charge is 0.325 e. The molecular formula is C20H37N. The van der Waals surface area contributed by atoms with Gasteiger partial charge in [-0.15, -0.1) is 0 Å². The van der Waals surface area contributed by atoms with Gasteiger partial charge in [0.25, 0.3) is 0 Å². The predicted molar refractivity (Wildman–Crippen MR) is 93.1 cm³/mol. The average Bonchev–Trinajstić information content (AvgIpc) is 2.80. The molecular weight excluding hydrogens is 254 g/mol. The van der Waals surface area contributed by atoms with E-state index >= 15 is 0 Å². The first-order valence-corrected chi connectivity index (χ1v) is 9.42. The predicted octanol–water partition coefficient (Wildman–Crippen LogP) is 5.55. The summed E-state index contributed by atoms with van der Waals surface area (Å²) >= 11 is 0. The molecule has 0 aliphatic heterocycles. The van der Waals surface area contributed by atoms with Gasteiger partial charge in [-0.05, 0) is 61.7 Å². The first kappa shape index (κ1) is 17.1. The van der Waals surface area contributed by atoms with Gasteiger partial charge in [-0.25, -0.2) is 0 Å². The Morgan fingerprint density at radius 2 is 1.90 bits per heavy atom. The Bertz CT molecular complexity index is 348. The fraction of sp³-hybridized carbons (Fsp3) is 0.900. The summed E-state index contributed by atoms with van der Waals surface area (Å²) in [6.07, 6.45) is 15.4. The topological polar surface area (TPSA) is 26.0 Å². The lowest BCUT2D eigenvalue weighted by molar-refractivity contribution is 0.127. The molecule has 0 radical (unpaired) electrons. The van der Waals surface area contributed by atoms with Crippen molar-refractivity contribution >= 4 is 0 Å². The second-order valence-electron chi connectivity index (χ2n) is 8.17. The van der Waals surface area contributed by atoms with E-state index in [0.29, 0.717) is 0 Å². The molecule has 2 aliphatic rings. The minimum atomic E-state index is 0.157. The molecule has 2 N–H and O–H groups in total. The standard InChI is InChI=1S/C20H37N/c1-5-15(2)16(3)9-6-7-11-18-12-13-19-17(4)10-8-14-20(18,19)21/h6-7,15-19H,5,8-14,21H2,1-4H3/b7-6-. The number of rotatable bonds is 6. The van der Waals surface area contributed by atoms with Gasteiger partial charge >= 0.3 is 0 Å². The van der Waals surface area contributed by atoms with Crippen molar-refractivity contribution in [1.82, 2.24) is 0 Å². The second kappa shape index (κ2) is 7.31. The van der Waals surface area contributed by atoms with Crippen LogP contribution in [0.4, 0.5) is 0 Å². The van der Waals surface area contributed by atoms with Crippen LogP contribution in [-0.2, 0) is 0 Å². The highest BCUT2D eigenvalue weighted by Crippen LogP contribution is 2.51. The van der Waals surface area contributed by atoms with Gasteiger partial charge in [0, 0.05) is 5.54 Å². The van der Waals surface area contributed by atoms with E-state index in [1.54, 1.807) is 0 Å². The van der Waals surface area contributed by atoms with Crippen LogP contribution in [0.1, 0.15) is 79.1 Å². The number of hydrogen-bond acceptors (Lipinski definition) is 1. The zero-order valence-electron chi connectivity index (χ0n) is 14.8. The van der Waals surface area contributed by atoms with Crippen LogP contribution in [0.15, 0.2) is 12.2 Å². The van der Waals surface area contributed by atoms with Crippen LogP contribution in [-0.4, -0.2) is 5.54 Å². The van der Waals surface area contributed by atoms with Gasteiger partial charge in [-0.2, -0.15) is 0 Å². The molecule has 6 atom stereocenters. The van der Waals surface area contributed by atoms with E-state index in [4.69, 9.17) is 5.73 Å². The SMILES string of the molecule is CCC(C)C(C)C/C=C\CC1CCC2C(C)CCCC12N. The number of allylic oxidation sites excluding steroid dienone is 2. The quantitative estimate of drug-likeness (QED) is 0.638. The van der Waals surface area contributed by atoms with Crippen LogP contribution in [0, 0.1) is 29.6 Å². The van der Waals surface area contributed by atoms with Crippen LogP contribution in [0.5, 0.6) is 0 Å². The van der Waals surface area contributed by atoms with Crippen molar-refractivity contribution in [1.29, 1.82) is 0 Å². The molecule has 0 amide bonds. The highest BCUT2D eigenvalue weighted by molar-refractivity contribution is 5.07. The molecule has 1 heteroatoms. The van der Waals surface area contributed by atoms with Gasteiger partial charge in [0.15, 0.2) is 0 Å². The van der Waals surface area contributed by atoms with E-state index < -0.39 is 0 Å². The molecule has 0 spiro atoms. The smallest absolute Gasteiger partial charge is 0.0217 e.